The monoisotopic (exact) mass is 546 g/mol. The molecule has 0 bridgehead atoms. The Morgan fingerprint density at radius 3 is 2.28 bits per heavy atom. The third-order valence-electron chi connectivity index (χ3n) is 6.04. The molecule has 0 aliphatic carbocycles. The second-order valence-electron chi connectivity index (χ2n) is 8.79. The number of imide groups is 1. The third kappa shape index (κ3) is 6.26. The molecule has 0 saturated heterocycles. The van der Waals surface area contributed by atoms with Gasteiger partial charge in [-0.1, -0.05) is 42.8 Å². The van der Waals surface area contributed by atoms with Gasteiger partial charge in [0.2, 0.25) is 0 Å². The molecule has 2 amide bonds. The van der Waals surface area contributed by atoms with Crippen LogP contribution in [-0.2, 0) is 14.3 Å². The minimum absolute atomic E-state index is 0.111. The summed E-state index contributed by atoms with van der Waals surface area (Å²) in [5, 5.41) is 3.12. The van der Waals surface area contributed by atoms with Gasteiger partial charge in [0.1, 0.15) is 22.1 Å². The molecule has 3 aromatic carbocycles. The van der Waals surface area contributed by atoms with E-state index >= 15 is 0 Å². The summed E-state index contributed by atoms with van der Waals surface area (Å²) in [6.45, 7) is 4.33. The number of carbonyl (C=O) groups excluding carboxylic acids is 3. The molecule has 9 heteroatoms. The highest BCUT2D eigenvalue weighted by Gasteiger charge is 2.40. The lowest BCUT2D eigenvalue weighted by Crippen LogP contribution is -2.32. The zero-order valence-corrected chi connectivity index (χ0v) is 23.1. The van der Waals surface area contributed by atoms with Gasteiger partial charge >= 0.3 is 5.97 Å². The van der Waals surface area contributed by atoms with E-state index in [1.165, 1.54) is 18.9 Å². The molecule has 0 atom stereocenters. The number of ether oxygens (including phenoxy) is 3. The number of methoxy groups -OCH3 is 2. The van der Waals surface area contributed by atoms with Crippen LogP contribution in [0.1, 0.15) is 35.7 Å². The van der Waals surface area contributed by atoms with Crippen molar-refractivity contribution in [3.8, 4) is 11.5 Å². The Balaban J connectivity index is 1.68. The number of rotatable bonds is 11. The summed E-state index contributed by atoms with van der Waals surface area (Å²) in [6, 6.07) is 19.1. The van der Waals surface area contributed by atoms with Gasteiger partial charge in [-0.2, -0.15) is 0 Å². The number of aryl methyl sites for hydroxylation is 1. The lowest BCUT2D eigenvalue weighted by Gasteiger charge is -2.16. The van der Waals surface area contributed by atoms with Crippen molar-refractivity contribution in [3.63, 3.8) is 0 Å². The van der Waals surface area contributed by atoms with Crippen molar-refractivity contribution in [3.05, 3.63) is 88.5 Å². The van der Waals surface area contributed by atoms with E-state index < -0.39 is 17.8 Å². The van der Waals surface area contributed by atoms with E-state index in [4.69, 9.17) is 14.2 Å². The summed E-state index contributed by atoms with van der Waals surface area (Å²) < 4.78 is 16.1. The Morgan fingerprint density at radius 1 is 0.923 bits per heavy atom. The minimum atomic E-state index is -0.530. The number of nitrogens with zero attached hydrogens (tertiary/aromatic N) is 1. The van der Waals surface area contributed by atoms with E-state index in [-0.39, 0.29) is 10.6 Å². The first-order valence-electron chi connectivity index (χ1n) is 12.5. The number of amides is 2. The van der Waals surface area contributed by atoms with Gasteiger partial charge in [0.25, 0.3) is 11.8 Å². The number of benzene rings is 3. The average molecular weight is 547 g/mol. The number of esters is 1. The summed E-state index contributed by atoms with van der Waals surface area (Å²) in [4.78, 5) is 41.9. The van der Waals surface area contributed by atoms with E-state index in [2.05, 4.69) is 5.32 Å². The first-order chi connectivity index (χ1) is 18.9. The maximum Gasteiger partial charge on any atom is 0.338 e. The van der Waals surface area contributed by atoms with E-state index in [0.29, 0.717) is 35.0 Å². The largest absolute Gasteiger partial charge is 0.497 e. The zero-order valence-electron chi connectivity index (χ0n) is 22.3. The fraction of sp³-hybridized carbons (Fsp3) is 0.233. The lowest BCUT2D eigenvalue weighted by atomic mass is 10.2. The molecule has 8 nitrogen and oxygen atoms in total. The molecule has 202 valence electrons. The van der Waals surface area contributed by atoms with Crippen molar-refractivity contribution in [1.82, 2.24) is 0 Å². The lowest BCUT2D eigenvalue weighted by molar-refractivity contribution is -0.120. The van der Waals surface area contributed by atoms with Gasteiger partial charge in [-0.15, -0.1) is 0 Å². The molecule has 0 aromatic heterocycles. The Kier molecular flexibility index (Phi) is 8.93. The van der Waals surface area contributed by atoms with E-state index in [0.717, 1.165) is 28.2 Å². The van der Waals surface area contributed by atoms with Gasteiger partial charge in [-0.3, -0.25) is 9.59 Å². The first kappa shape index (κ1) is 27.8. The summed E-state index contributed by atoms with van der Waals surface area (Å²) in [5.41, 5.74) is 2.35. The molecule has 39 heavy (non-hydrogen) atoms. The molecule has 1 aliphatic rings. The first-order valence-corrected chi connectivity index (χ1v) is 13.3. The van der Waals surface area contributed by atoms with Crippen LogP contribution in [0.25, 0.3) is 0 Å². The van der Waals surface area contributed by atoms with Crippen LogP contribution in [0.4, 0.5) is 11.4 Å². The number of hydrogen-bond donors (Lipinski definition) is 1. The highest BCUT2D eigenvalue weighted by atomic mass is 32.2. The quantitative estimate of drug-likeness (QED) is 0.179. The Hall–Kier alpha value is -4.24. The number of unbranched alkanes of at least 4 members (excludes halogenated alkanes) is 1. The third-order valence-corrected chi connectivity index (χ3v) is 7.13. The molecule has 3 aromatic rings. The maximum atomic E-state index is 13.7. The van der Waals surface area contributed by atoms with Crippen LogP contribution in [0, 0.1) is 6.92 Å². The topological polar surface area (TPSA) is 94.2 Å². The van der Waals surface area contributed by atoms with Crippen LogP contribution in [0.5, 0.6) is 11.5 Å². The number of carbonyl (C=O) groups is 3. The number of nitrogens with one attached hydrogen (secondary N) is 1. The molecular weight excluding hydrogens is 516 g/mol. The van der Waals surface area contributed by atoms with E-state index in [1.807, 2.05) is 38.1 Å². The fourth-order valence-electron chi connectivity index (χ4n) is 3.86. The van der Waals surface area contributed by atoms with Crippen molar-refractivity contribution < 1.29 is 28.6 Å². The summed E-state index contributed by atoms with van der Waals surface area (Å²) in [5.74, 6) is -0.421. The van der Waals surface area contributed by atoms with Crippen molar-refractivity contribution in [2.24, 2.45) is 0 Å². The summed E-state index contributed by atoms with van der Waals surface area (Å²) >= 11 is 1.20. The molecule has 0 saturated carbocycles. The van der Waals surface area contributed by atoms with Gasteiger partial charge < -0.3 is 19.5 Å². The molecular formula is C30H30N2O6S. The highest BCUT2D eigenvalue weighted by molar-refractivity contribution is 8.04. The normalized spacial score (nSPS) is 13.1. The SMILES string of the molecule is CCCCOC(=O)c1ccc(N2C(=O)C(Nc3cc(OC)ccc3OC)=C(Sc3ccc(C)cc3)C2=O)cc1. The molecule has 4 rings (SSSR count). The predicted molar refractivity (Wildman–Crippen MR) is 151 cm³/mol. The Labute approximate surface area is 231 Å². The maximum absolute atomic E-state index is 13.7. The molecule has 0 radical (unpaired) electrons. The summed E-state index contributed by atoms with van der Waals surface area (Å²) in [7, 11) is 3.06. The molecule has 0 fully saturated rings. The smallest absolute Gasteiger partial charge is 0.338 e. The van der Waals surface area contributed by atoms with Crippen molar-refractivity contribution >= 4 is 40.9 Å². The Bertz CT molecular complexity index is 1400. The van der Waals surface area contributed by atoms with E-state index in [1.54, 1.807) is 49.6 Å². The fourth-order valence-corrected chi connectivity index (χ4v) is 4.79. The molecule has 1 heterocycles. The van der Waals surface area contributed by atoms with Crippen LogP contribution in [0.3, 0.4) is 0 Å². The second kappa shape index (κ2) is 12.5. The molecule has 0 spiro atoms. The van der Waals surface area contributed by atoms with Crippen molar-refractivity contribution in [2.75, 3.05) is 31.0 Å². The molecule has 0 unspecified atom stereocenters. The Morgan fingerprint density at radius 2 is 1.64 bits per heavy atom. The zero-order chi connectivity index (χ0) is 27.9. The van der Waals surface area contributed by atoms with Gasteiger partial charge in [0.05, 0.1) is 37.8 Å². The highest BCUT2D eigenvalue weighted by Crippen LogP contribution is 2.39. The standard InChI is InChI=1S/C30H30N2O6S/c1-5-6-17-38-30(35)20-9-11-21(12-10-20)32-28(33)26(31-24-18-22(36-3)13-16-25(24)37-4)27(29(32)34)39-23-14-7-19(2)8-15-23/h7-16,18,31H,5-6,17H2,1-4H3. The van der Waals surface area contributed by atoms with Crippen LogP contribution in [0.15, 0.2) is 82.2 Å². The van der Waals surface area contributed by atoms with Crippen molar-refractivity contribution in [1.29, 1.82) is 0 Å². The van der Waals surface area contributed by atoms with Crippen LogP contribution >= 0.6 is 11.8 Å². The summed E-state index contributed by atoms with van der Waals surface area (Å²) in [6.07, 6.45) is 1.70. The second-order valence-corrected chi connectivity index (χ2v) is 9.88. The predicted octanol–water partition coefficient (Wildman–Crippen LogP) is 5.96. The van der Waals surface area contributed by atoms with Gasteiger partial charge in [0.15, 0.2) is 0 Å². The number of thioether (sulfide) groups is 1. The number of hydrogen-bond acceptors (Lipinski definition) is 8. The van der Waals surface area contributed by atoms with Crippen LogP contribution in [0.2, 0.25) is 0 Å². The van der Waals surface area contributed by atoms with Crippen LogP contribution < -0.4 is 19.7 Å². The van der Waals surface area contributed by atoms with Crippen molar-refractivity contribution in [2.45, 2.75) is 31.6 Å². The van der Waals surface area contributed by atoms with Gasteiger partial charge in [-0.25, -0.2) is 9.69 Å². The van der Waals surface area contributed by atoms with E-state index in [9.17, 15) is 14.4 Å². The minimum Gasteiger partial charge on any atom is -0.497 e. The molecule has 1 aliphatic heterocycles. The average Bonchev–Trinajstić information content (AvgIpc) is 3.18. The number of anilines is 2. The molecule has 1 N–H and O–H groups in total. The van der Waals surface area contributed by atoms with Crippen LogP contribution in [-0.4, -0.2) is 38.6 Å². The van der Waals surface area contributed by atoms with Gasteiger partial charge in [0, 0.05) is 11.0 Å². The van der Waals surface area contributed by atoms with Gasteiger partial charge in [-0.05, 0) is 61.9 Å².